The zero-order chi connectivity index (χ0) is 14.5. The van der Waals surface area contributed by atoms with Crippen molar-refractivity contribution in [3.63, 3.8) is 0 Å². The van der Waals surface area contributed by atoms with Crippen LogP contribution in [-0.4, -0.2) is 31.6 Å². The summed E-state index contributed by atoms with van der Waals surface area (Å²) >= 11 is 0. The Bertz CT molecular complexity index is 508. The third-order valence-corrected chi connectivity index (χ3v) is 3.47. The van der Waals surface area contributed by atoms with Gasteiger partial charge < -0.3 is 15.4 Å². The smallest absolute Gasteiger partial charge is 0.339 e. The van der Waals surface area contributed by atoms with Gasteiger partial charge in [-0.1, -0.05) is 18.1 Å². The highest BCUT2D eigenvalue weighted by Crippen LogP contribution is 2.19. The Morgan fingerprint density at radius 3 is 2.80 bits per heavy atom. The van der Waals surface area contributed by atoms with Crippen molar-refractivity contribution in [3.8, 4) is 0 Å². The summed E-state index contributed by atoms with van der Waals surface area (Å²) in [6.07, 6.45) is 2.97. The van der Waals surface area contributed by atoms with Gasteiger partial charge in [0, 0.05) is 0 Å². The number of amides is 1. The van der Waals surface area contributed by atoms with Crippen LogP contribution < -0.4 is 10.6 Å². The maximum atomic E-state index is 12.2. The van der Waals surface area contributed by atoms with Gasteiger partial charge in [-0.3, -0.25) is 4.79 Å². The molecule has 20 heavy (non-hydrogen) atoms. The van der Waals surface area contributed by atoms with E-state index >= 15 is 0 Å². The molecule has 1 atom stereocenters. The fourth-order valence-electron chi connectivity index (χ4n) is 2.34. The van der Waals surface area contributed by atoms with Crippen molar-refractivity contribution in [1.29, 1.82) is 0 Å². The number of carbonyl (C=O) groups excluding carboxylic acids is 2. The number of hydrogen-bond donors (Lipinski definition) is 2. The van der Waals surface area contributed by atoms with E-state index in [-0.39, 0.29) is 11.9 Å². The molecular formula is C15H20N2O3. The number of hydrogen-bond acceptors (Lipinski definition) is 4. The van der Waals surface area contributed by atoms with Gasteiger partial charge in [-0.15, -0.1) is 0 Å². The van der Waals surface area contributed by atoms with Crippen molar-refractivity contribution >= 4 is 17.6 Å². The highest BCUT2D eigenvalue weighted by Gasteiger charge is 2.22. The molecule has 0 aliphatic carbocycles. The Labute approximate surface area is 118 Å². The number of carbonyl (C=O) groups is 2. The minimum atomic E-state index is -0.444. The van der Waals surface area contributed by atoms with Gasteiger partial charge in [0.2, 0.25) is 5.91 Å². The van der Waals surface area contributed by atoms with Crippen LogP contribution >= 0.6 is 0 Å². The molecule has 1 aromatic carbocycles. The zero-order valence-corrected chi connectivity index (χ0v) is 11.9. The van der Waals surface area contributed by atoms with E-state index in [2.05, 4.69) is 10.6 Å². The van der Waals surface area contributed by atoms with Crippen LogP contribution in [-0.2, 0) is 9.53 Å². The molecule has 0 aromatic heterocycles. The van der Waals surface area contributed by atoms with Crippen molar-refractivity contribution in [2.45, 2.75) is 32.2 Å². The van der Waals surface area contributed by atoms with Crippen LogP contribution in [0.4, 0.5) is 5.69 Å². The number of methoxy groups -OCH3 is 1. The van der Waals surface area contributed by atoms with Crippen molar-refractivity contribution < 1.29 is 14.3 Å². The van der Waals surface area contributed by atoms with E-state index in [1.54, 1.807) is 12.1 Å². The molecule has 1 aliphatic heterocycles. The van der Waals surface area contributed by atoms with Crippen LogP contribution in [0, 0.1) is 6.92 Å². The summed E-state index contributed by atoms with van der Waals surface area (Å²) in [7, 11) is 1.33. The molecule has 1 saturated heterocycles. The largest absolute Gasteiger partial charge is 0.465 e. The molecule has 108 valence electrons. The minimum absolute atomic E-state index is 0.0984. The Hall–Kier alpha value is -1.88. The van der Waals surface area contributed by atoms with Crippen LogP contribution in [0.15, 0.2) is 18.2 Å². The van der Waals surface area contributed by atoms with E-state index in [0.717, 1.165) is 31.4 Å². The summed E-state index contributed by atoms with van der Waals surface area (Å²) < 4.78 is 4.75. The predicted octanol–water partition coefficient (Wildman–Crippen LogP) is 1.86. The van der Waals surface area contributed by atoms with Crippen molar-refractivity contribution in [1.82, 2.24) is 5.32 Å². The highest BCUT2D eigenvalue weighted by molar-refractivity contribution is 6.02. The molecule has 1 fully saturated rings. The second kappa shape index (κ2) is 6.52. The third-order valence-electron chi connectivity index (χ3n) is 3.47. The fourth-order valence-corrected chi connectivity index (χ4v) is 2.34. The van der Waals surface area contributed by atoms with Gasteiger partial charge in [0.1, 0.15) is 0 Å². The normalized spacial score (nSPS) is 18.4. The number of aryl methyl sites for hydroxylation is 1. The summed E-state index contributed by atoms with van der Waals surface area (Å²) in [5.74, 6) is -0.542. The van der Waals surface area contributed by atoms with E-state index in [0.29, 0.717) is 11.3 Å². The van der Waals surface area contributed by atoms with Gasteiger partial charge in [-0.2, -0.15) is 0 Å². The highest BCUT2D eigenvalue weighted by atomic mass is 16.5. The van der Waals surface area contributed by atoms with Crippen LogP contribution in [0.3, 0.4) is 0 Å². The average molecular weight is 276 g/mol. The summed E-state index contributed by atoms with van der Waals surface area (Å²) in [4.78, 5) is 23.9. The molecule has 0 unspecified atom stereocenters. The molecule has 5 nitrogen and oxygen atoms in total. The number of piperidine rings is 1. The van der Waals surface area contributed by atoms with Crippen molar-refractivity contribution in [2.24, 2.45) is 0 Å². The number of esters is 1. The molecule has 2 N–H and O–H groups in total. The first-order chi connectivity index (χ1) is 9.61. The quantitative estimate of drug-likeness (QED) is 0.827. The van der Waals surface area contributed by atoms with Crippen LogP contribution in [0.2, 0.25) is 0 Å². The lowest BCUT2D eigenvalue weighted by atomic mass is 10.0. The monoisotopic (exact) mass is 276 g/mol. The van der Waals surface area contributed by atoms with Crippen LogP contribution in [0.1, 0.15) is 35.2 Å². The molecule has 0 spiro atoms. The maximum Gasteiger partial charge on any atom is 0.339 e. The number of ether oxygens (including phenoxy) is 1. The SMILES string of the molecule is COC(=O)c1cc(C)ccc1NC(=O)[C@H]1CCCCN1. The summed E-state index contributed by atoms with van der Waals surface area (Å²) in [6.45, 7) is 2.75. The van der Waals surface area contributed by atoms with Gasteiger partial charge in [-0.05, 0) is 38.4 Å². The molecule has 5 heteroatoms. The van der Waals surface area contributed by atoms with Gasteiger partial charge >= 0.3 is 5.97 Å². The molecule has 0 radical (unpaired) electrons. The lowest BCUT2D eigenvalue weighted by Crippen LogP contribution is -2.43. The Morgan fingerprint density at radius 1 is 1.35 bits per heavy atom. The topological polar surface area (TPSA) is 67.4 Å². The fraction of sp³-hybridized carbons (Fsp3) is 0.467. The standard InChI is InChI=1S/C15H20N2O3/c1-10-6-7-12(11(9-10)15(19)20-2)17-14(18)13-5-3-4-8-16-13/h6-7,9,13,16H,3-5,8H2,1-2H3,(H,17,18)/t13-/m1/s1. The van der Waals surface area contributed by atoms with Gasteiger partial charge in [0.15, 0.2) is 0 Å². The van der Waals surface area contributed by atoms with E-state index in [1.807, 2.05) is 13.0 Å². The Balaban J connectivity index is 2.15. The molecule has 1 aliphatic rings. The number of nitrogens with one attached hydrogen (secondary N) is 2. The second-order valence-electron chi connectivity index (χ2n) is 5.03. The zero-order valence-electron chi connectivity index (χ0n) is 11.9. The first kappa shape index (κ1) is 14.5. The third kappa shape index (κ3) is 3.36. The molecule has 0 saturated carbocycles. The van der Waals surface area contributed by atoms with Gasteiger partial charge in [0.05, 0.1) is 24.4 Å². The molecule has 1 aromatic rings. The average Bonchev–Trinajstić information content (AvgIpc) is 2.49. The van der Waals surface area contributed by atoms with E-state index in [9.17, 15) is 9.59 Å². The van der Waals surface area contributed by atoms with Gasteiger partial charge in [0.25, 0.3) is 0 Å². The lowest BCUT2D eigenvalue weighted by Gasteiger charge is -2.23. The number of anilines is 1. The maximum absolute atomic E-state index is 12.2. The van der Waals surface area contributed by atoms with Gasteiger partial charge in [-0.25, -0.2) is 4.79 Å². The molecule has 2 rings (SSSR count). The Morgan fingerprint density at radius 2 is 2.15 bits per heavy atom. The van der Waals surface area contributed by atoms with E-state index in [4.69, 9.17) is 4.74 Å². The first-order valence-corrected chi connectivity index (χ1v) is 6.85. The molecule has 1 heterocycles. The molecular weight excluding hydrogens is 256 g/mol. The van der Waals surface area contributed by atoms with E-state index < -0.39 is 5.97 Å². The number of rotatable bonds is 3. The second-order valence-corrected chi connectivity index (χ2v) is 5.03. The predicted molar refractivity (Wildman–Crippen MR) is 76.8 cm³/mol. The number of benzene rings is 1. The van der Waals surface area contributed by atoms with E-state index in [1.165, 1.54) is 7.11 Å². The summed E-state index contributed by atoms with van der Waals surface area (Å²) in [5, 5.41) is 6.01. The lowest BCUT2D eigenvalue weighted by molar-refractivity contribution is -0.118. The van der Waals surface area contributed by atoms with Crippen molar-refractivity contribution in [2.75, 3.05) is 19.0 Å². The summed E-state index contributed by atoms with van der Waals surface area (Å²) in [5.41, 5.74) is 1.83. The van der Waals surface area contributed by atoms with Crippen LogP contribution in [0.5, 0.6) is 0 Å². The minimum Gasteiger partial charge on any atom is -0.465 e. The summed E-state index contributed by atoms with van der Waals surface area (Å²) in [6, 6.07) is 5.13. The van der Waals surface area contributed by atoms with Crippen LogP contribution in [0.25, 0.3) is 0 Å². The Kier molecular flexibility index (Phi) is 4.74. The van der Waals surface area contributed by atoms with Crippen molar-refractivity contribution in [3.05, 3.63) is 29.3 Å². The first-order valence-electron chi connectivity index (χ1n) is 6.85. The molecule has 0 bridgehead atoms. The molecule has 1 amide bonds.